The van der Waals surface area contributed by atoms with Crippen LogP contribution >= 0.6 is 0 Å². The first-order valence-corrected chi connectivity index (χ1v) is 8.69. The van der Waals surface area contributed by atoms with Crippen molar-refractivity contribution in [3.8, 4) is 0 Å². The summed E-state index contributed by atoms with van der Waals surface area (Å²) in [6, 6.07) is 11.7. The maximum atomic E-state index is 12.4. The molecule has 1 fully saturated rings. The molecule has 0 radical (unpaired) electrons. The molecule has 1 aliphatic heterocycles. The van der Waals surface area contributed by atoms with Crippen molar-refractivity contribution in [1.29, 1.82) is 0 Å². The number of primary amides is 1. The lowest BCUT2D eigenvalue weighted by Crippen LogP contribution is -2.40. The summed E-state index contributed by atoms with van der Waals surface area (Å²) >= 11 is 0. The molecule has 1 aromatic heterocycles. The summed E-state index contributed by atoms with van der Waals surface area (Å²) in [6.07, 6.45) is 2.75. The largest absolute Gasteiger partial charge is 0.364 e. The third-order valence-electron chi connectivity index (χ3n) is 4.36. The Balaban J connectivity index is 1.68. The fraction of sp³-hybridized carbons (Fsp3) is 0.263. The van der Waals surface area contributed by atoms with Crippen molar-refractivity contribution in [2.24, 2.45) is 5.73 Å². The lowest BCUT2D eigenvalue weighted by atomic mass is 10.1. The predicted octanol–water partition coefficient (Wildman–Crippen LogP) is 1.67. The number of hydrogen-bond donors (Lipinski definition) is 3. The van der Waals surface area contributed by atoms with E-state index in [-0.39, 0.29) is 17.6 Å². The number of anilines is 1. The zero-order valence-electron chi connectivity index (χ0n) is 14.7. The van der Waals surface area contributed by atoms with Gasteiger partial charge in [-0.1, -0.05) is 30.3 Å². The number of nitrogens with zero attached hydrogens (tertiary/aromatic N) is 2. The molecular formula is C19H21N5O3. The highest BCUT2D eigenvalue weighted by atomic mass is 16.2. The molecule has 3 rings (SSSR count). The second-order valence-electron chi connectivity index (χ2n) is 6.30. The number of likely N-dealkylation sites (tertiary alicyclic amines) is 1. The number of hydrogen-bond acceptors (Lipinski definition) is 4. The molecule has 0 aliphatic carbocycles. The standard InChI is InChI=1S/C19H21N5O3/c20-18(26)15-9-8-14(11-21-15)22-19(27)23-16(13-5-2-1-3-6-13)12-24-10-4-7-17(24)25/h1-3,5-6,8-9,11,16H,4,7,10,12H2,(H2,20,26)(H2,22,23,27)/t16-/m0/s1. The quantitative estimate of drug-likeness (QED) is 0.720. The van der Waals surface area contributed by atoms with Gasteiger partial charge in [0.15, 0.2) is 0 Å². The summed E-state index contributed by atoms with van der Waals surface area (Å²) in [5.74, 6) is -0.533. The number of amides is 4. The Hall–Kier alpha value is -3.42. The van der Waals surface area contributed by atoms with Crippen LogP contribution in [0.1, 0.15) is 34.9 Å². The molecule has 140 valence electrons. The second kappa shape index (κ2) is 8.31. The van der Waals surface area contributed by atoms with E-state index < -0.39 is 11.9 Å². The van der Waals surface area contributed by atoms with Crippen molar-refractivity contribution in [2.45, 2.75) is 18.9 Å². The smallest absolute Gasteiger partial charge is 0.319 e. The highest BCUT2D eigenvalue weighted by Gasteiger charge is 2.25. The molecule has 4 N–H and O–H groups in total. The molecule has 0 spiro atoms. The van der Waals surface area contributed by atoms with E-state index in [9.17, 15) is 14.4 Å². The summed E-state index contributed by atoms with van der Waals surface area (Å²) in [6.45, 7) is 1.11. The Kier molecular flexibility index (Phi) is 5.65. The van der Waals surface area contributed by atoms with Crippen molar-refractivity contribution in [1.82, 2.24) is 15.2 Å². The fourth-order valence-electron chi connectivity index (χ4n) is 2.98. The maximum Gasteiger partial charge on any atom is 0.319 e. The lowest BCUT2D eigenvalue weighted by molar-refractivity contribution is -0.128. The number of nitrogens with one attached hydrogen (secondary N) is 2. The number of rotatable bonds is 6. The fourth-order valence-corrected chi connectivity index (χ4v) is 2.98. The van der Waals surface area contributed by atoms with Crippen molar-refractivity contribution in [2.75, 3.05) is 18.4 Å². The van der Waals surface area contributed by atoms with Gasteiger partial charge in [0, 0.05) is 19.5 Å². The van der Waals surface area contributed by atoms with Gasteiger partial charge >= 0.3 is 6.03 Å². The van der Waals surface area contributed by atoms with Crippen LogP contribution in [0.15, 0.2) is 48.7 Å². The molecular weight excluding hydrogens is 346 g/mol. The monoisotopic (exact) mass is 367 g/mol. The Labute approximate surface area is 156 Å². The Morgan fingerprint density at radius 2 is 1.96 bits per heavy atom. The van der Waals surface area contributed by atoms with Gasteiger partial charge in [-0.25, -0.2) is 9.78 Å². The van der Waals surface area contributed by atoms with Crippen LogP contribution in [0.25, 0.3) is 0 Å². The van der Waals surface area contributed by atoms with Crippen molar-refractivity contribution >= 4 is 23.5 Å². The van der Waals surface area contributed by atoms with E-state index in [2.05, 4.69) is 15.6 Å². The van der Waals surface area contributed by atoms with E-state index in [1.54, 1.807) is 11.0 Å². The summed E-state index contributed by atoms with van der Waals surface area (Å²) in [7, 11) is 0. The summed E-state index contributed by atoms with van der Waals surface area (Å²) in [5.41, 5.74) is 6.62. The predicted molar refractivity (Wildman–Crippen MR) is 99.9 cm³/mol. The number of urea groups is 1. The minimum absolute atomic E-state index is 0.101. The third-order valence-corrected chi connectivity index (χ3v) is 4.36. The van der Waals surface area contributed by atoms with Gasteiger partial charge in [-0.2, -0.15) is 0 Å². The zero-order chi connectivity index (χ0) is 19.2. The van der Waals surface area contributed by atoms with Gasteiger partial charge in [-0.3, -0.25) is 9.59 Å². The highest BCUT2D eigenvalue weighted by Crippen LogP contribution is 2.19. The van der Waals surface area contributed by atoms with Crippen LogP contribution in [0.4, 0.5) is 10.5 Å². The van der Waals surface area contributed by atoms with Crippen molar-refractivity contribution in [3.05, 3.63) is 59.9 Å². The summed E-state index contributed by atoms with van der Waals surface area (Å²) < 4.78 is 0. The van der Waals surface area contributed by atoms with Crippen LogP contribution < -0.4 is 16.4 Å². The Morgan fingerprint density at radius 1 is 1.19 bits per heavy atom. The number of carbonyl (C=O) groups excluding carboxylic acids is 3. The van der Waals surface area contributed by atoms with E-state index in [4.69, 9.17) is 5.73 Å². The van der Waals surface area contributed by atoms with Crippen molar-refractivity contribution < 1.29 is 14.4 Å². The molecule has 1 atom stereocenters. The van der Waals surface area contributed by atoms with Gasteiger partial charge in [0.1, 0.15) is 5.69 Å². The Bertz CT molecular complexity index is 823. The second-order valence-corrected chi connectivity index (χ2v) is 6.30. The molecule has 1 saturated heterocycles. The molecule has 1 aliphatic rings. The van der Waals surface area contributed by atoms with Crippen LogP contribution in [-0.4, -0.2) is 40.8 Å². The van der Waals surface area contributed by atoms with Gasteiger partial charge in [-0.05, 0) is 24.1 Å². The number of aromatic nitrogens is 1. The molecule has 8 nitrogen and oxygen atoms in total. The van der Waals surface area contributed by atoms with Gasteiger partial charge in [-0.15, -0.1) is 0 Å². The minimum Gasteiger partial charge on any atom is -0.364 e. The first-order valence-electron chi connectivity index (χ1n) is 8.69. The summed E-state index contributed by atoms with van der Waals surface area (Å²) in [4.78, 5) is 41.1. The molecule has 0 saturated carbocycles. The topological polar surface area (TPSA) is 117 Å². The van der Waals surface area contributed by atoms with Crippen LogP contribution in [0.3, 0.4) is 0 Å². The molecule has 27 heavy (non-hydrogen) atoms. The molecule has 2 heterocycles. The Morgan fingerprint density at radius 3 is 2.56 bits per heavy atom. The number of carbonyl (C=O) groups is 3. The van der Waals surface area contributed by atoms with Crippen LogP contribution in [0.2, 0.25) is 0 Å². The first kappa shape index (κ1) is 18.4. The van der Waals surface area contributed by atoms with Gasteiger partial charge in [0.2, 0.25) is 5.91 Å². The first-order chi connectivity index (χ1) is 13.0. The zero-order valence-corrected chi connectivity index (χ0v) is 14.7. The molecule has 0 unspecified atom stereocenters. The van der Waals surface area contributed by atoms with Crippen LogP contribution in [0, 0.1) is 0 Å². The van der Waals surface area contributed by atoms with Crippen LogP contribution in [0.5, 0.6) is 0 Å². The molecule has 2 aromatic rings. The minimum atomic E-state index is -0.634. The lowest BCUT2D eigenvalue weighted by Gasteiger charge is -2.25. The van der Waals surface area contributed by atoms with E-state index in [1.165, 1.54) is 12.3 Å². The van der Waals surface area contributed by atoms with Gasteiger partial charge in [0.25, 0.3) is 5.91 Å². The van der Waals surface area contributed by atoms with Gasteiger partial charge in [0.05, 0.1) is 17.9 Å². The van der Waals surface area contributed by atoms with E-state index in [1.807, 2.05) is 30.3 Å². The molecule has 4 amide bonds. The number of nitrogens with two attached hydrogens (primary N) is 1. The highest BCUT2D eigenvalue weighted by molar-refractivity contribution is 5.92. The molecule has 8 heteroatoms. The number of pyridine rings is 1. The molecule has 0 bridgehead atoms. The van der Waals surface area contributed by atoms with E-state index in [0.29, 0.717) is 25.2 Å². The average Bonchev–Trinajstić information content (AvgIpc) is 3.07. The number of benzene rings is 1. The normalized spacial score (nSPS) is 14.7. The van der Waals surface area contributed by atoms with Crippen LogP contribution in [-0.2, 0) is 4.79 Å². The average molecular weight is 367 g/mol. The third kappa shape index (κ3) is 4.81. The van der Waals surface area contributed by atoms with E-state index in [0.717, 1.165) is 12.0 Å². The van der Waals surface area contributed by atoms with E-state index >= 15 is 0 Å². The SMILES string of the molecule is NC(=O)c1ccc(NC(=O)N[C@@H](CN2CCCC2=O)c2ccccc2)cn1. The maximum absolute atomic E-state index is 12.4. The van der Waals surface area contributed by atoms with Crippen molar-refractivity contribution in [3.63, 3.8) is 0 Å². The van der Waals surface area contributed by atoms with Gasteiger partial charge < -0.3 is 21.3 Å². The summed E-state index contributed by atoms with van der Waals surface area (Å²) in [5, 5.41) is 5.58. The molecule has 1 aromatic carbocycles.